The summed E-state index contributed by atoms with van der Waals surface area (Å²) < 4.78 is 280. The summed E-state index contributed by atoms with van der Waals surface area (Å²) in [5.74, 6) is -0.317. The molecule has 3 aliphatic carbocycles. The molecule has 15 rings (SSSR count). The fourth-order valence-corrected chi connectivity index (χ4v) is 15.2. The van der Waals surface area contributed by atoms with Gasteiger partial charge in [0.2, 0.25) is 0 Å². The van der Waals surface area contributed by atoms with E-state index in [0.717, 1.165) is 41.0 Å². The molecule has 4 heterocycles. The third kappa shape index (κ3) is 7.62. The molecule has 2 fully saturated rings. The van der Waals surface area contributed by atoms with Crippen molar-refractivity contribution < 1.29 is 41.4 Å². The van der Waals surface area contributed by atoms with Gasteiger partial charge in [0.1, 0.15) is 11.3 Å². The molecule has 0 radical (unpaired) electrons. The molecule has 1 aromatic heterocycles. The van der Waals surface area contributed by atoms with Crippen LogP contribution in [-0.4, -0.2) is 6.71 Å². The Morgan fingerprint density at radius 1 is 0.512 bits per heavy atom. The molecular weight excluding hydrogens is 994 g/mol. The van der Waals surface area contributed by atoms with Gasteiger partial charge in [0, 0.05) is 67.3 Å². The quantitative estimate of drug-likeness (QED) is 0.148. The Bertz CT molecular complexity index is 5500. The molecule has 0 spiro atoms. The molecular formula is C77H80BN3O. The first-order valence-corrected chi connectivity index (χ1v) is 29.1. The zero-order chi connectivity index (χ0) is 79.6. The molecule has 4 nitrogen and oxygen atoms in total. The SMILES string of the molecule is [2H]c1c([2H])c([2H])c(C2(C)c3c([2H])c([2H])c([2H])c([2H])c3N(c3c([2H])c4c5c(c3[2H])N(c3c([2H])c([2H])c(C6CCCCC6)c([2H])c3[2H])c3c([2H])c([2H])c(C(C)(C)C)c([2H])c3B5c3cc5oc6c(c5cc3N4c3c([2H])c([2H])c(C4CCCCC4)c([2H])c3[2H])C(C)(C)CC6(C)C)C2(C)c2c([2H])c([2H])c([2H])c([2H])c2[2H])c([2H])c1[2H]. The van der Waals surface area contributed by atoms with Gasteiger partial charge in [-0.2, -0.15) is 0 Å². The first-order valence-electron chi connectivity index (χ1n) is 42.6. The van der Waals surface area contributed by atoms with Crippen molar-refractivity contribution in [2.45, 2.75) is 172 Å². The number of hydrogen-bond acceptors (Lipinski definition) is 4. The Hall–Kier alpha value is -7.24. The summed E-state index contributed by atoms with van der Waals surface area (Å²) in [5.41, 5.74) is -13.4. The van der Waals surface area contributed by atoms with Crippen LogP contribution >= 0.6 is 0 Å². The molecule has 82 heavy (non-hydrogen) atoms. The molecule has 8 aromatic carbocycles. The molecule has 2 atom stereocenters. The third-order valence-corrected chi connectivity index (χ3v) is 19.1. The molecule has 3 aliphatic heterocycles. The lowest BCUT2D eigenvalue weighted by Crippen LogP contribution is -2.61. The average Bonchev–Trinajstić information content (AvgIpc) is 1.52. The van der Waals surface area contributed by atoms with Crippen molar-refractivity contribution in [3.63, 3.8) is 0 Å². The number of hydrogen-bond donors (Lipinski definition) is 0. The molecule has 0 amide bonds. The summed E-state index contributed by atoms with van der Waals surface area (Å²) >= 11 is 0. The van der Waals surface area contributed by atoms with E-state index in [1.54, 1.807) is 32.9 Å². The second-order valence-corrected chi connectivity index (χ2v) is 26.2. The largest absolute Gasteiger partial charge is 0.460 e. The van der Waals surface area contributed by atoms with Gasteiger partial charge in [-0.1, -0.05) is 202 Å². The van der Waals surface area contributed by atoms with Crippen molar-refractivity contribution >= 4 is 79.6 Å². The molecule has 0 bridgehead atoms. The first kappa shape index (κ1) is 30.4. The van der Waals surface area contributed by atoms with Crippen LogP contribution in [0, 0.1) is 0 Å². The molecule has 5 heteroatoms. The van der Waals surface area contributed by atoms with Crippen molar-refractivity contribution in [3.8, 4) is 0 Å². The second kappa shape index (κ2) is 18.6. The van der Waals surface area contributed by atoms with Crippen molar-refractivity contribution in [3.05, 3.63) is 220 Å². The van der Waals surface area contributed by atoms with Gasteiger partial charge >= 0.3 is 0 Å². The Balaban J connectivity index is 1.25. The van der Waals surface area contributed by atoms with Gasteiger partial charge in [0.15, 0.2) is 0 Å². The third-order valence-electron chi connectivity index (χ3n) is 19.1. The second-order valence-electron chi connectivity index (χ2n) is 26.2. The van der Waals surface area contributed by atoms with E-state index in [1.807, 2.05) is 27.7 Å². The van der Waals surface area contributed by atoms with Gasteiger partial charge in [0.25, 0.3) is 6.71 Å². The molecule has 0 saturated heterocycles. The summed E-state index contributed by atoms with van der Waals surface area (Å²) in [4.78, 5) is 3.35. The molecule has 6 aliphatic rings. The number of rotatable bonds is 7. The average molecular weight is 1100 g/mol. The zero-order valence-electron chi connectivity index (χ0n) is 74.9. The van der Waals surface area contributed by atoms with Crippen molar-refractivity contribution in [1.82, 2.24) is 0 Å². The van der Waals surface area contributed by atoms with E-state index in [0.29, 0.717) is 56.1 Å². The Morgan fingerprint density at radius 3 is 1.65 bits per heavy atom. The smallest absolute Gasteiger partial charge is 0.252 e. The van der Waals surface area contributed by atoms with Crippen LogP contribution in [0.4, 0.5) is 45.5 Å². The summed E-state index contributed by atoms with van der Waals surface area (Å²) in [7, 11) is 0. The Labute approximate surface area is 526 Å². The summed E-state index contributed by atoms with van der Waals surface area (Å²) in [6.07, 6.45) is 7.23. The Kier molecular flexibility index (Phi) is 6.90. The van der Waals surface area contributed by atoms with Gasteiger partial charge in [-0.25, -0.2) is 0 Å². The fraction of sp³-hybridized carbons (Fsp3) is 0.351. The lowest BCUT2D eigenvalue weighted by molar-refractivity contribution is 0.335. The van der Waals surface area contributed by atoms with Crippen molar-refractivity contribution in [2.24, 2.45) is 0 Å². The maximum Gasteiger partial charge on any atom is 0.252 e. The van der Waals surface area contributed by atoms with Crippen LogP contribution in [0.5, 0.6) is 0 Å². The van der Waals surface area contributed by atoms with E-state index in [-0.39, 0.29) is 50.4 Å². The van der Waals surface area contributed by atoms with Gasteiger partial charge in [0.05, 0.1) is 42.5 Å². The highest BCUT2D eigenvalue weighted by atomic mass is 16.3. The highest BCUT2D eigenvalue weighted by Gasteiger charge is 2.59. The molecule has 2 unspecified atom stereocenters. The van der Waals surface area contributed by atoms with Crippen LogP contribution in [-0.2, 0) is 27.2 Å². The zero-order valence-corrected chi connectivity index (χ0v) is 47.9. The lowest BCUT2D eigenvalue weighted by Gasteiger charge is -2.49. The first-order chi connectivity index (χ1) is 50.8. The van der Waals surface area contributed by atoms with E-state index < -0.39 is 259 Å². The minimum absolute atomic E-state index is 0.0169. The van der Waals surface area contributed by atoms with Crippen LogP contribution in [0.15, 0.2) is 180 Å². The molecule has 0 N–H and O–H groups in total. The normalized spacial score (nSPS) is 26.4. The Morgan fingerprint density at radius 2 is 1.06 bits per heavy atom. The van der Waals surface area contributed by atoms with E-state index in [4.69, 9.17) is 7.16 Å². The van der Waals surface area contributed by atoms with Gasteiger partial charge in [-0.05, 0) is 179 Å². The molecule has 2 saturated carbocycles. The summed E-state index contributed by atoms with van der Waals surface area (Å²) in [5, 5.41) is 0.493. The molecule has 9 aromatic rings. The van der Waals surface area contributed by atoms with Gasteiger partial charge in [-0.3, -0.25) is 0 Å². The fourth-order valence-electron chi connectivity index (χ4n) is 15.2. The van der Waals surface area contributed by atoms with E-state index in [1.165, 1.54) is 18.7 Å². The van der Waals surface area contributed by atoms with Crippen molar-refractivity contribution in [2.75, 3.05) is 14.7 Å². The van der Waals surface area contributed by atoms with Crippen LogP contribution in [0.2, 0.25) is 0 Å². The minimum Gasteiger partial charge on any atom is -0.460 e. The van der Waals surface area contributed by atoms with Gasteiger partial charge < -0.3 is 19.1 Å². The van der Waals surface area contributed by atoms with Crippen LogP contribution in [0.3, 0.4) is 0 Å². The highest BCUT2D eigenvalue weighted by Crippen LogP contribution is 2.63. The number of furan rings is 1. The predicted octanol–water partition coefficient (Wildman–Crippen LogP) is 19.2. The molecule has 412 valence electrons. The summed E-state index contributed by atoms with van der Waals surface area (Å²) in [6.45, 7) is 14.2. The monoisotopic (exact) mass is 1100 g/mol. The number of anilines is 8. The minimum atomic E-state index is -2.94. The van der Waals surface area contributed by atoms with E-state index in [2.05, 4.69) is 0 Å². The van der Waals surface area contributed by atoms with Gasteiger partial charge in [-0.15, -0.1) is 0 Å². The number of para-hydroxylation sites is 1. The van der Waals surface area contributed by atoms with E-state index >= 15 is 0 Å². The maximum absolute atomic E-state index is 11.8. The van der Waals surface area contributed by atoms with E-state index in [9.17, 15) is 34.3 Å². The number of nitrogens with zero attached hydrogens (tertiary/aromatic N) is 3. The number of benzene rings is 8. The number of fused-ring (bicyclic) bond motifs is 8. The standard InChI is InChI=1S/C77H80BN3O/c1-73(2,3)56-38-43-65-62(44-56)78-63-48-69-60(70-72(82-69)75(6,7)49-74(70,4)5)47-66(63)80(58-41-36-53(37-42-58)51-26-16-11-17-27-51)68-46-59(45-67(71(68)78)79(65)57-39-34-52(35-40-57)50-24-14-10-15-25-50)81-64-33-23-22-32-61(64)76(8,54-28-18-12-19-29-54)77(81,9)55-30-20-13-21-31-55/h12-13,18-23,28-48,50-51H,10-11,14-17,24-27,49H2,1-9H3/i12D,13D,18D,19D,20D,21D,22D,23D,28D,29D,30D,31D,32D,33D,34D,35D,36D,37D,38D,39D,40D,41D,42D,43D,44D,45D,46D. The van der Waals surface area contributed by atoms with Crippen LogP contribution in [0.1, 0.15) is 226 Å². The lowest BCUT2D eigenvalue weighted by atomic mass is 9.33. The van der Waals surface area contributed by atoms with Crippen LogP contribution < -0.4 is 31.1 Å². The topological polar surface area (TPSA) is 22.9 Å². The summed E-state index contributed by atoms with van der Waals surface area (Å²) in [6, 6.07) is -18.3. The van der Waals surface area contributed by atoms with Crippen LogP contribution in [0.25, 0.3) is 11.0 Å². The predicted molar refractivity (Wildman–Crippen MR) is 347 cm³/mol. The van der Waals surface area contributed by atoms with Crippen molar-refractivity contribution in [1.29, 1.82) is 0 Å². The maximum atomic E-state index is 11.8. The highest BCUT2D eigenvalue weighted by molar-refractivity contribution is 7.00.